The van der Waals surface area contributed by atoms with Crippen molar-refractivity contribution in [3.8, 4) is 0 Å². The minimum atomic E-state index is 0.433. The Hall–Kier alpha value is -1.78. The summed E-state index contributed by atoms with van der Waals surface area (Å²) in [7, 11) is 0. The fourth-order valence-electron chi connectivity index (χ4n) is 2.79. The molecular weight excluding hydrogens is 319 g/mol. The van der Waals surface area contributed by atoms with Gasteiger partial charge in [0.1, 0.15) is 0 Å². The molecule has 0 spiro atoms. The predicted molar refractivity (Wildman–Crippen MR) is 94.2 cm³/mol. The predicted octanol–water partition coefficient (Wildman–Crippen LogP) is 4.09. The summed E-state index contributed by atoms with van der Waals surface area (Å²) in [6.07, 6.45) is 4.92. The van der Waals surface area contributed by atoms with Crippen LogP contribution >= 0.6 is 23.2 Å². The Morgan fingerprint density at radius 3 is 2.64 bits per heavy atom. The van der Waals surface area contributed by atoms with Gasteiger partial charge >= 0.3 is 0 Å². The molecular formula is C16H16Cl2N4. The van der Waals surface area contributed by atoms with Gasteiger partial charge in [-0.25, -0.2) is 4.98 Å². The molecule has 1 aromatic heterocycles. The molecule has 0 radical (unpaired) electrons. The van der Waals surface area contributed by atoms with Gasteiger partial charge in [-0.3, -0.25) is 0 Å². The molecule has 4 nitrogen and oxygen atoms in total. The zero-order valence-electron chi connectivity index (χ0n) is 11.9. The average molecular weight is 335 g/mol. The maximum atomic E-state index is 7.50. The first kappa shape index (κ1) is 15.1. The van der Waals surface area contributed by atoms with E-state index >= 15 is 0 Å². The van der Waals surface area contributed by atoms with Crippen molar-refractivity contribution in [1.82, 2.24) is 4.98 Å². The molecule has 1 aromatic carbocycles. The molecule has 0 bridgehead atoms. The second-order valence-corrected chi connectivity index (χ2v) is 6.03. The molecule has 3 N–H and O–H groups in total. The van der Waals surface area contributed by atoms with Gasteiger partial charge in [0.15, 0.2) is 0 Å². The maximum Gasteiger partial charge on any atom is 0.0931 e. The number of hydrogen-bond donors (Lipinski definition) is 2. The molecule has 0 amide bonds. The summed E-state index contributed by atoms with van der Waals surface area (Å²) >= 11 is 12.5. The van der Waals surface area contributed by atoms with Crippen LogP contribution in [-0.4, -0.2) is 24.3 Å². The highest BCUT2D eigenvalue weighted by Crippen LogP contribution is 2.37. The summed E-state index contributed by atoms with van der Waals surface area (Å²) in [5.74, 6) is 0. The lowest BCUT2D eigenvalue weighted by Gasteiger charge is -2.21. The Morgan fingerprint density at radius 1 is 1.27 bits per heavy atom. The van der Waals surface area contributed by atoms with Gasteiger partial charge in [0.05, 0.1) is 21.3 Å². The smallest absolute Gasteiger partial charge is 0.0931 e. The first-order valence-corrected chi connectivity index (χ1v) is 7.87. The minimum absolute atomic E-state index is 0.433. The molecule has 0 saturated carbocycles. The van der Waals surface area contributed by atoms with Crippen LogP contribution < -0.4 is 10.6 Å². The normalized spacial score (nSPS) is 15.5. The van der Waals surface area contributed by atoms with E-state index in [-0.39, 0.29) is 0 Å². The summed E-state index contributed by atoms with van der Waals surface area (Å²) in [5, 5.41) is 9.37. The molecule has 2 heterocycles. The molecule has 2 aromatic rings. The van der Waals surface area contributed by atoms with E-state index < -0.39 is 0 Å². The third kappa shape index (κ3) is 2.53. The molecule has 1 aliphatic heterocycles. The van der Waals surface area contributed by atoms with Crippen molar-refractivity contribution in [2.24, 2.45) is 5.73 Å². The van der Waals surface area contributed by atoms with E-state index in [0.717, 1.165) is 24.2 Å². The number of nitrogens with one attached hydrogen (secondary N) is 1. The number of rotatable bonds is 3. The Morgan fingerprint density at radius 2 is 2.00 bits per heavy atom. The lowest BCUT2D eigenvalue weighted by atomic mass is 10.1. The van der Waals surface area contributed by atoms with Crippen molar-refractivity contribution in [2.45, 2.75) is 12.8 Å². The Labute approximate surface area is 139 Å². The van der Waals surface area contributed by atoms with Crippen molar-refractivity contribution >= 4 is 51.6 Å². The number of fused-ring (bicyclic) bond motifs is 1. The number of nitrogens with two attached hydrogens (primary N) is 1. The van der Waals surface area contributed by atoms with Crippen molar-refractivity contribution < 1.29 is 0 Å². The zero-order chi connectivity index (χ0) is 15.7. The summed E-state index contributed by atoms with van der Waals surface area (Å²) in [5.41, 5.74) is 8.51. The second kappa shape index (κ2) is 6.15. The Kier molecular flexibility index (Phi) is 4.23. The average Bonchev–Trinajstić information content (AvgIpc) is 3.06. The van der Waals surface area contributed by atoms with Crippen LogP contribution in [0.1, 0.15) is 18.5 Å². The highest BCUT2D eigenvalue weighted by molar-refractivity contribution is 6.45. The van der Waals surface area contributed by atoms with Gasteiger partial charge in [-0.2, -0.15) is 0 Å². The van der Waals surface area contributed by atoms with E-state index in [2.05, 4.69) is 9.88 Å². The number of allylic oxidation sites excluding steroid dienone is 1. The molecule has 0 unspecified atom stereocenters. The molecule has 1 saturated heterocycles. The first-order valence-electron chi connectivity index (χ1n) is 7.12. The largest absolute Gasteiger partial charge is 0.404 e. The number of halogens is 2. The van der Waals surface area contributed by atoms with Crippen LogP contribution in [0.2, 0.25) is 10.0 Å². The van der Waals surface area contributed by atoms with Crippen LogP contribution in [0.4, 0.5) is 5.69 Å². The topological polar surface area (TPSA) is 66.0 Å². The Bertz CT molecular complexity index is 764. The highest BCUT2D eigenvalue weighted by atomic mass is 35.5. The lowest BCUT2D eigenvalue weighted by molar-refractivity contribution is 0.949. The quantitative estimate of drug-likeness (QED) is 0.830. The van der Waals surface area contributed by atoms with Crippen LogP contribution in [0.15, 0.2) is 24.4 Å². The van der Waals surface area contributed by atoms with Crippen LogP contribution in [0.3, 0.4) is 0 Å². The van der Waals surface area contributed by atoms with E-state index in [1.165, 1.54) is 25.3 Å². The number of nitrogens with zero attached hydrogens (tertiary/aromatic N) is 2. The van der Waals surface area contributed by atoms with Gasteiger partial charge in [0, 0.05) is 42.2 Å². The van der Waals surface area contributed by atoms with Gasteiger partial charge in [0.25, 0.3) is 0 Å². The maximum absolute atomic E-state index is 7.50. The standard InChI is InChI=1S/C16H16Cl2N4/c17-12-4-3-11-14(22-5-1-2-6-22)7-13(10(8-19)9-20)21-16(11)15(12)18/h3-4,7-9,19H,1-2,5-6,20H2/b10-9+,19-8?. The Balaban J connectivity index is 2.31. The number of anilines is 1. The third-order valence-electron chi connectivity index (χ3n) is 3.93. The number of benzene rings is 1. The molecule has 1 aliphatic rings. The van der Waals surface area contributed by atoms with E-state index in [1.807, 2.05) is 12.1 Å². The third-order valence-corrected chi connectivity index (χ3v) is 4.72. The van der Waals surface area contributed by atoms with Gasteiger partial charge < -0.3 is 16.0 Å². The summed E-state index contributed by atoms with van der Waals surface area (Å²) in [6, 6.07) is 5.72. The van der Waals surface area contributed by atoms with Crippen LogP contribution in [0.5, 0.6) is 0 Å². The van der Waals surface area contributed by atoms with Crippen molar-refractivity contribution in [3.05, 3.63) is 40.1 Å². The number of aromatic nitrogens is 1. The number of pyridine rings is 1. The van der Waals surface area contributed by atoms with E-state index in [9.17, 15) is 0 Å². The van der Waals surface area contributed by atoms with Crippen LogP contribution in [0.25, 0.3) is 16.5 Å². The van der Waals surface area contributed by atoms with Gasteiger partial charge in [-0.1, -0.05) is 23.2 Å². The minimum Gasteiger partial charge on any atom is -0.404 e. The van der Waals surface area contributed by atoms with Crippen molar-refractivity contribution in [2.75, 3.05) is 18.0 Å². The zero-order valence-corrected chi connectivity index (χ0v) is 13.5. The molecule has 114 valence electrons. The van der Waals surface area contributed by atoms with Gasteiger partial charge in [0.2, 0.25) is 0 Å². The molecule has 1 fully saturated rings. The lowest BCUT2D eigenvalue weighted by Crippen LogP contribution is -2.18. The van der Waals surface area contributed by atoms with Gasteiger partial charge in [-0.05, 0) is 31.0 Å². The fourth-order valence-corrected chi connectivity index (χ4v) is 3.15. The second-order valence-electron chi connectivity index (χ2n) is 5.24. The van der Waals surface area contributed by atoms with Crippen LogP contribution in [-0.2, 0) is 0 Å². The van der Waals surface area contributed by atoms with Crippen LogP contribution in [0, 0.1) is 5.41 Å². The van der Waals surface area contributed by atoms with E-state index in [0.29, 0.717) is 26.8 Å². The molecule has 0 aliphatic carbocycles. The summed E-state index contributed by atoms with van der Waals surface area (Å²) < 4.78 is 0. The fraction of sp³-hybridized carbons (Fsp3) is 0.250. The first-order chi connectivity index (χ1) is 10.7. The summed E-state index contributed by atoms with van der Waals surface area (Å²) in [6.45, 7) is 2.01. The molecule has 22 heavy (non-hydrogen) atoms. The van der Waals surface area contributed by atoms with Crippen molar-refractivity contribution in [3.63, 3.8) is 0 Å². The SMILES string of the molecule is N=C/C(=C\N)c1cc(N2CCCC2)c2ccc(Cl)c(Cl)c2n1. The van der Waals surface area contributed by atoms with Gasteiger partial charge in [-0.15, -0.1) is 0 Å². The molecule has 3 rings (SSSR count). The summed E-state index contributed by atoms with van der Waals surface area (Å²) in [4.78, 5) is 6.88. The van der Waals surface area contributed by atoms with Crippen molar-refractivity contribution in [1.29, 1.82) is 5.41 Å². The highest BCUT2D eigenvalue weighted by Gasteiger charge is 2.19. The number of hydrogen-bond acceptors (Lipinski definition) is 4. The monoisotopic (exact) mass is 334 g/mol. The van der Waals surface area contributed by atoms with E-state index in [4.69, 9.17) is 34.3 Å². The van der Waals surface area contributed by atoms with E-state index in [1.54, 1.807) is 6.07 Å². The molecule has 6 heteroatoms. The molecule has 0 atom stereocenters.